The van der Waals surface area contributed by atoms with Crippen molar-refractivity contribution in [3.63, 3.8) is 0 Å². The Hall–Kier alpha value is -3.67. The van der Waals surface area contributed by atoms with Crippen LogP contribution in [0.3, 0.4) is 0 Å². The monoisotopic (exact) mass is 543 g/mol. The van der Waals surface area contributed by atoms with Crippen LogP contribution in [-0.4, -0.2) is 27.4 Å². The lowest BCUT2D eigenvalue weighted by Gasteiger charge is -2.26. The van der Waals surface area contributed by atoms with E-state index < -0.39 is 0 Å². The van der Waals surface area contributed by atoms with Gasteiger partial charge in [-0.15, -0.1) is 0 Å². The van der Waals surface area contributed by atoms with E-state index in [0.717, 1.165) is 48.4 Å². The molecule has 0 saturated heterocycles. The van der Waals surface area contributed by atoms with Crippen molar-refractivity contribution in [3.8, 4) is 23.0 Å². The average molecular weight is 544 g/mol. The molecule has 6 heteroatoms. The van der Waals surface area contributed by atoms with Crippen molar-refractivity contribution >= 4 is 17.7 Å². The molecule has 1 atom stereocenters. The van der Waals surface area contributed by atoms with Gasteiger partial charge in [0.15, 0.2) is 23.0 Å². The van der Waals surface area contributed by atoms with E-state index in [0.29, 0.717) is 29.7 Å². The number of rotatable bonds is 10. The third-order valence-corrected chi connectivity index (χ3v) is 7.30. The van der Waals surface area contributed by atoms with Crippen LogP contribution in [0.5, 0.6) is 23.0 Å². The second-order valence-electron chi connectivity index (χ2n) is 9.59. The van der Waals surface area contributed by atoms with E-state index >= 15 is 0 Å². The molecule has 5 rings (SSSR count). The number of hydrogen-bond donors (Lipinski definition) is 1. The zero-order valence-corrected chi connectivity index (χ0v) is 23.2. The first-order chi connectivity index (χ1) is 19.1. The first kappa shape index (κ1) is 26.9. The van der Waals surface area contributed by atoms with Gasteiger partial charge in [-0.2, -0.15) is 0 Å². The standard InChI is InChI=1S/C33H34ClNO4/c1-36-30-19-27-25(17-32(30)38-21-23-9-5-3-6-10-23)15-16-35-29(27)14-13-26-18-33(31(37-2)20-28(26)34)39-22-24-11-7-4-8-12-24/h3,5-7,9-14,17-20,29,35H,4,8,15-16,21-22H2,1-2H3/b14-13+. The molecule has 1 heterocycles. The van der Waals surface area contributed by atoms with Gasteiger partial charge in [0.2, 0.25) is 0 Å². The van der Waals surface area contributed by atoms with Crippen molar-refractivity contribution in [2.75, 3.05) is 27.4 Å². The Morgan fingerprint density at radius 1 is 0.897 bits per heavy atom. The van der Waals surface area contributed by atoms with Crippen LogP contribution in [0.1, 0.15) is 41.1 Å². The number of nitrogens with one attached hydrogen (secondary N) is 1. The third kappa shape index (κ3) is 6.67. The highest BCUT2D eigenvalue weighted by molar-refractivity contribution is 6.32. The van der Waals surface area contributed by atoms with Gasteiger partial charge in [0.25, 0.3) is 0 Å². The molecule has 5 nitrogen and oxygen atoms in total. The lowest BCUT2D eigenvalue weighted by atomic mass is 9.93. The maximum atomic E-state index is 6.63. The molecule has 0 spiro atoms. The SMILES string of the molecule is COc1cc(Cl)c(/C=C/C2NCCc3cc(OCc4ccccc4)c(OC)cc32)cc1OCC1=CCCC=C1. The highest BCUT2D eigenvalue weighted by Crippen LogP contribution is 2.38. The Kier molecular flexibility index (Phi) is 8.92. The predicted molar refractivity (Wildman–Crippen MR) is 157 cm³/mol. The number of hydrogen-bond acceptors (Lipinski definition) is 5. The summed E-state index contributed by atoms with van der Waals surface area (Å²) in [4.78, 5) is 0. The summed E-state index contributed by atoms with van der Waals surface area (Å²) in [5, 5.41) is 4.20. The van der Waals surface area contributed by atoms with E-state index in [-0.39, 0.29) is 6.04 Å². The first-order valence-electron chi connectivity index (χ1n) is 13.3. The summed E-state index contributed by atoms with van der Waals surface area (Å²) >= 11 is 6.63. The Labute approximate surface area is 235 Å². The lowest BCUT2D eigenvalue weighted by Crippen LogP contribution is -2.28. The molecule has 1 aliphatic carbocycles. The highest BCUT2D eigenvalue weighted by Gasteiger charge is 2.21. The Bertz CT molecular complexity index is 1380. The van der Waals surface area contributed by atoms with Crippen LogP contribution >= 0.6 is 11.6 Å². The molecule has 202 valence electrons. The van der Waals surface area contributed by atoms with Gasteiger partial charge in [-0.3, -0.25) is 0 Å². The van der Waals surface area contributed by atoms with Gasteiger partial charge in [-0.25, -0.2) is 0 Å². The van der Waals surface area contributed by atoms with E-state index in [1.165, 1.54) is 16.7 Å². The largest absolute Gasteiger partial charge is 0.493 e. The number of fused-ring (bicyclic) bond motifs is 1. The number of ether oxygens (including phenoxy) is 4. The molecular weight excluding hydrogens is 510 g/mol. The van der Waals surface area contributed by atoms with Gasteiger partial charge in [0.05, 0.1) is 25.3 Å². The Morgan fingerprint density at radius 2 is 1.67 bits per heavy atom. The third-order valence-electron chi connectivity index (χ3n) is 6.97. The fraction of sp³-hybridized carbons (Fsp3) is 0.273. The predicted octanol–water partition coefficient (Wildman–Crippen LogP) is 7.49. The van der Waals surface area contributed by atoms with Gasteiger partial charge >= 0.3 is 0 Å². The summed E-state index contributed by atoms with van der Waals surface area (Å²) in [6.45, 7) is 1.84. The number of allylic oxidation sites excluding steroid dienone is 2. The maximum Gasteiger partial charge on any atom is 0.162 e. The summed E-state index contributed by atoms with van der Waals surface area (Å²) in [5.74, 6) is 2.76. The van der Waals surface area contributed by atoms with E-state index in [1.807, 2.05) is 36.4 Å². The highest BCUT2D eigenvalue weighted by atomic mass is 35.5. The van der Waals surface area contributed by atoms with Crippen LogP contribution in [0.2, 0.25) is 5.02 Å². The summed E-state index contributed by atoms with van der Waals surface area (Å²) in [7, 11) is 3.30. The molecule has 0 bridgehead atoms. The minimum absolute atomic E-state index is 0.00546. The zero-order valence-electron chi connectivity index (χ0n) is 22.4. The molecule has 0 saturated carbocycles. The summed E-state index contributed by atoms with van der Waals surface area (Å²) < 4.78 is 23.5. The quantitative estimate of drug-likeness (QED) is 0.287. The van der Waals surface area contributed by atoms with Gasteiger partial charge < -0.3 is 24.3 Å². The molecule has 1 N–H and O–H groups in total. The molecule has 2 aliphatic rings. The van der Waals surface area contributed by atoms with E-state index in [2.05, 4.69) is 53.9 Å². The van der Waals surface area contributed by atoms with Gasteiger partial charge in [-0.1, -0.05) is 72.3 Å². The molecule has 39 heavy (non-hydrogen) atoms. The molecule has 1 unspecified atom stereocenters. The van der Waals surface area contributed by atoms with E-state index in [9.17, 15) is 0 Å². The Balaban J connectivity index is 1.35. The Morgan fingerprint density at radius 3 is 2.44 bits per heavy atom. The maximum absolute atomic E-state index is 6.63. The molecule has 0 amide bonds. The van der Waals surface area contributed by atoms with Gasteiger partial charge in [0, 0.05) is 12.6 Å². The van der Waals surface area contributed by atoms with Gasteiger partial charge in [0.1, 0.15) is 13.2 Å². The molecule has 3 aromatic carbocycles. The minimum atomic E-state index is 0.00546. The van der Waals surface area contributed by atoms with E-state index in [4.69, 9.17) is 30.5 Å². The van der Waals surface area contributed by atoms with Gasteiger partial charge in [-0.05, 0) is 65.3 Å². The molecule has 0 radical (unpaired) electrons. The number of benzene rings is 3. The normalized spacial score (nSPS) is 16.5. The molecule has 1 aliphatic heterocycles. The van der Waals surface area contributed by atoms with Crippen molar-refractivity contribution in [1.82, 2.24) is 5.32 Å². The minimum Gasteiger partial charge on any atom is -0.493 e. The lowest BCUT2D eigenvalue weighted by molar-refractivity contribution is 0.283. The molecule has 0 aromatic heterocycles. The second kappa shape index (κ2) is 12.9. The van der Waals surface area contributed by atoms with Crippen LogP contribution in [0.15, 0.2) is 84.5 Å². The van der Waals surface area contributed by atoms with E-state index in [1.54, 1.807) is 14.2 Å². The number of halogens is 1. The summed E-state index contributed by atoms with van der Waals surface area (Å²) in [6.07, 6.45) is 13.7. The van der Waals surface area contributed by atoms with Crippen LogP contribution in [0, 0.1) is 0 Å². The fourth-order valence-corrected chi connectivity index (χ4v) is 5.08. The summed E-state index contributed by atoms with van der Waals surface area (Å²) in [5.41, 5.74) is 5.56. The second-order valence-corrected chi connectivity index (χ2v) is 10.00. The number of methoxy groups -OCH3 is 2. The topological polar surface area (TPSA) is 49.0 Å². The van der Waals surface area contributed by atoms with Crippen molar-refractivity contribution in [1.29, 1.82) is 0 Å². The van der Waals surface area contributed by atoms with Crippen LogP contribution < -0.4 is 24.3 Å². The molecule has 0 fully saturated rings. The van der Waals surface area contributed by atoms with Crippen LogP contribution in [-0.2, 0) is 13.0 Å². The molecule has 3 aromatic rings. The average Bonchev–Trinajstić information content (AvgIpc) is 2.99. The zero-order chi connectivity index (χ0) is 27.0. The van der Waals surface area contributed by atoms with Crippen molar-refractivity contribution < 1.29 is 18.9 Å². The van der Waals surface area contributed by atoms with Crippen molar-refractivity contribution in [2.45, 2.75) is 31.9 Å². The van der Waals surface area contributed by atoms with Crippen LogP contribution in [0.25, 0.3) is 6.08 Å². The van der Waals surface area contributed by atoms with Crippen molar-refractivity contribution in [3.05, 3.63) is 112 Å². The van der Waals surface area contributed by atoms with Crippen LogP contribution in [0.4, 0.5) is 0 Å². The van der Waals surface area contributed by atoms with Crippen molar-refractivity contribution in [2.24, 2.45) is 0 Å². The fourth-order valence-electron chi connectivity index (χ4n) is 4.86. The summed E-state index contributed by atoms with van der Waals surface area (Å²) in [6, 6.07) is 18.1. The smallest absolute Gasteiger partial charge is 0.162 e. The first-order valence-corrected chi connectivity index (χ1v) is 13.7. The molecular formula is C33H34ClNO4.